The maximum atomic E-state index is 4.49. The number of pyridine rings is 1. The average molecular weight is 220 g/mol. The van der Waals surface area contributed by atoms with Crippen molar-refractivity contribution in [3.8, 4) is 0 Å². The topological polar surface area (TPSA) is 24.9 Å². The molecular weight excluding hydrogens is 196 g/mol. The second kappa shape index (κ2) is 7.39. The first-order valence-electron chi connectivity index (χ1n) is 6.59. The lowest BCUT2D eigenvalue weighted by molar-refractivity contribution is 0.449. The van der Waals surface area contributed by atoms with E-state index < -0.39 is 0 Å². The molecule has 2 nitrogen and oxygen atoms in total. The molecule has 0 aliphatic heterocycles. The van der Waals surface area contributed by atoms with Gasteiger partial charge < -0.3 is 5.32 Å². The van der Waals surface area contributed by atoms with E-state index in [4.69, 9.17) is 0 Å². The molecule has 0 aromatic carbocycles. The molecule has 1 aliphatic rings. The van der Waals surface area contributed by atoms with Crippen molar-refractivity contribution in [2.75, 3.05) is 6.54 Å². The quantitative estimate of drug-likeness (QED) is 0.843. The Bertz CT molecular complexity index is 297. The van der Waals surface area contributed by atoms with Crippen LogP contribution in [0.1, 0.15) is 57.3 Å². The molecule has 2 heteroatoms. The van der Waals surface area contributed by atoms with E-state index in [9.17, 15) is 0 Å². The highest BCUT2D eigenvalue weighted by molar-refractivity contribution is 5.25. The van der Waals surface area contributed by atoms with Crippen LogP contribution >= 0.6 is 0 Å². The van der Waals surface area contributed by atoms with Gasteiger partial charge >= 0.3 is 0 Å². The number of hydrogen-bond acceptors (Lipinski definition) is 2. The van der Waals surface area contributed by atoms with Gasteiger partial charge in [-0.1, -0.05) is 26.8 Å². The molecule has 1 aromatic rings. The third-order valence-corrected chi connectivity index (χ3v) is 2.84. The van der Waals surface area contributed by atoms with Crippen LogP contribution in [0.15, 0.2) is 18.3 Å². The zero-order valence-electron chi connectivity index (χ0n) is 10.8. The molecule has 0 saturated carbocycles. The van der Waals surface area contributed by atoms with Gasteiger partial charge in [0.2, 0.25) is 0 Å². The van der Waals surface area contributed by atoms with E-state index in [1.54, 1.807) is 0 Å². The molecule has 1 N–H and O–H groups in total. The van der Waals surface area contributed by atoms with E-state index in [0.29, 0.717) is 6.04 Å². The van der Waals surface area contributed by atoms with Crippen LogP contribution in [0.3, 0.4) is 0 Å². The van der Waals surface area contributed by atoms with E-state index in [-0.39, 0.29) is 0 Å². The molecule has 16 heavy (non-hydrogen) atoms. The third-order valence-electron chi connectivity index (χ3n) is 2.84. The lowest BCUT2D eigenvalue weighted by Gasteiger charge is -2.24. The Balaban J connectivity index is 0.000000606. The Hall–Kier alpha value is -0.890. The maximum Gasteiger partial charge on any atom is 0.0605 e. The molecule has 2 rings (SSSR count). The summed E-state index contributed by atoms with van der Waals surface area (Å²) in [6, 6.07) is 4.75. The summed E-state index contributed by atoms with van der Waals surface area (Å²) in [6.45, 7) is 7.30. The van der Waals surface area contributed by atoms with Gasteiger partial charge in [0.25, 0.3) is 0 Å². The number of hydrogen-bond donors (Lipinski definition) is 1. The first-order valence-corrected chi connectivity index (χ1v) is 6.59. The van der Waals surface area contributed by atoms with Crippen LogP contribution in [0.4, 0.5) is 0 Å². The molecule has 1 unspecified atom stereocenters. The number of fused-ring (bicyclic) bond motifs is 1. The van der Waals surface area contributed by atoms with Crippen LogP contribution in [0.25, 0.3) is 0 Å². The van der Waals surface area contributed by atoms with Crippen molar-refractivity contribution in [3.05, 3.63) is 29.6 Å². The molecule has 1 aliphatic carbocycles. The van der Waals surface area contributed by atoms with Crippen LogP contribution in [0.2, 0.25) is 0 Å². The van der Waals surface area contributed by atoms with Crippen molar-refractivity contribution >= 4 is 0 Å². The summed E-state index contributed by atoms with van der Waals surface area (Å²) in [7, 11) is 0. The van der Waals surface area contributed by atoms with Gasteiger partial charge in [-0.25, -0.2) is 0 Å². The fourth-order valence-electron chi connectivity index (χ4n) is 2.13. The van der Waals surface area contributed by atoms with Gasteiger partial charge in [0, 0.05) is 12.2 Å². The SMILES string of the molecule is CC.CCCNC1CCCc2cccnc21. The van der Waals surface area contributed by atoms with Crippen molar-refractivity contribution in [3.63, 3.8) is 0 Å². The average Bonchev–Trinajstić information content (AvgIpc) is 2.38. The van der Waals surface area contributed by atoms with E-state index in [1.165, 1.54) is 36.9 Å². The molecule has 0 bridgehead atoms. The molecule has 1 heterocycles. The fraction of sp³-hybridized carbons (Fsp3) is 0.643. The summed E-state index contributed by atoms with van der Waals surface area (Å²) in [4.78, 5) is 4.49. The molecule has 0 radical (unpaired) electrons. The molecule has 0 spiro atoms. The second-order valence-corrected chi connectivity index (χ2v) is 3.95. The number of rotatable bonds is 3. The monoisotopic (exact) mass is 220 g/mol. The number of nitrogens with one attached hydrogen (secondary N) is 1. The van der Waals surface area contributed by atoms with Crippen molar-refractivity contribution in [2.24, 2.45) is 0 Å². The summed E-state index contributed by atoms with van der Waals surface area (Å²) in [5, 5.41) is 3.56. The predicted octanol–water partition coefficient (Wildman–Crippen LogP) is 3.48. The Morgan fingerprint density at radius 3 is 3.00 bits per heavy atom. The summed E-state index contributed by atoms with van der Waals surface area (Å²) in [6.07, 6.45) is 6.83. The van der Waals surface area contributed by atoms with Gasteiger partial charge in [0.05, 0.1) is 5.69 Å². The number of aryl methyl sites for hydroxylation is 1. The molecule has 0 saturated heterocycles. The van der Waals surface area contributed by atoms with Crippen LogP contribution < -0.4 is 5.32 Å². The molecule has 0 amide bonds. The minimum Gasteiger partial charge on any atom is -0.309 e. The molecule has 0 fully saturated rings. The van der Waals surface area contributed by atoms with Gasteiger partial charge in [0.15, 0.2) is 0 Å². The highest BCUT2D eigenvalue weighted by Gasteiger charge is 2.19. The van der Waals surface area contributed by atoms with Crippen molar-refractivity contribution in [2.45, 2.75) is 52.5 Å². The van der Waals surface area contributed by atoms with Gasteiger partial charge in [-0.05, 0) is 43.9 Å². The van der Waals surface area contributed by atoms with Crippen molar-refractivity contribution < 1.29 is 0 Å². The lowest BCUT2D eigenvalue weighted by Crippen LogP contribution is -2.26. The van der Waals surface area contributed by atoms with E-state index in [2.05, 4.69) is 23.3 Å². The van der Waals surface area contributed by atoms with Crippen LogP contribution in [-0.4, -0.2) is 11.5 Å². The Kier molecular flexibility index (Phi) is 6.09. The zero-order chi connectivity index (χ0) is 11.8. The van der Waals surface area contributed by atoms with Gasteiger partial charge in [-0.2, -0.15) is 0 Å². The van der Waals surface area contributed by atoms with Crippen LogP contribution in [0, 0.1) is 0 Å². The standard InChI is InChI=1S/C12H18N2.C2H6/c1-2-8-13-11-7-3-5-10-6-4-9-14-12(10)11;1-2/h4,6,9,11,13H,2-3,5,7-8H2,1H3;1-2H3. The largest absolute Gasteiger partial charge is 0.309 e. The normalized spacial score (nSPS) is 18.3. The van der Waals surface area contributed by atoms with E-state index >= 15 is 0 Å². The third kappa shape index (κ3) is 3.31. The zero-order valence-corrected chi connectivity index (χ0v) is 10.8. The first-order chi connectivity index (χ1) is 7.92. The summed E-state index contributed by atoms with van der Waals surface area (Å²) < 4.78 is 0. The highest BCUT2D eigenvalue weighted by Crippen LogP contribution is 2.27. The minimum atomic E-state index is 0.500. The first kappa shape index (κ1) is 13.2. The fourth-order valence-corrected chi connectivity index (χ4v) is 2.13. The van der Waals surface area contributed by atoms with Crippen LogP contribution in [0.5, 0.6) is 0 Å². The molecule has 1 aromatic heterocycles. The molecular formula is C14H24N2. The summed E-state index contributed by atoms with van der Waals surface area (Å²) >= 11 is 0. The maximum absolute atomic E-state index is 4.49. The van der Waals surface area contributed by atoms with Gasteiger partial charge in [-0.15, -0.1) is 0 Å². The van der Waals surface area contributed by atoms with Gasteiger partial charge in [-0.3, -0.25) is 4.98 Å². The molecule has 1 atom stereocenters. The number of nitrogens with zero attached hydrogens (tertiary/aromatic N) is 1. The Labute approximate surface area is 99.5 Å². The summed E-state index contributed by atoms with van der Waals surface area (Å²) in [5.41, 5.74) is 2.72. The second-order valence-electron chi connectivity index (χ2n) is 3.95. The lowest BCUT2D eigenvalue weighted by atomic mass is 9.92. The van der Waals surface area contributed by atoms with Gasteiger partial charge in [0.1, 0.15) is 0 Å². The number of aromatic nitrogens is 1. The minimum absolute atomic E-state index is 0.500. The molecule has 90 valence electrons. The van der Waals surface area contributed by atoms with Crippen LogP contribution in [-0.2, 0) is 6.42 Å². The highest BCUT2D eigenvalue weighted by atomic mass is 14.9. The van der Waals surface area contributed by atoms with E-state index in [0.717, 1.165) is 6.54 Å². The predicted molar refractivity (Wildman–Crippen MR) is 69.6 cm³/mol. The van der Waals surface area contributed by atoms with Crippen molar-refractivity contribution in [1.29, 1.82) is 0 Å². The van der Waals surface area contributed by atoms with E-state index in [1.807, 2.05) is 26.1 Å². The summed E-state index contributed by atoms with van der Waals surface area (Å²) in [5.74, 6) is 0. The Morgan fingerprint density at radius 1 is 1.44 bits per heavy atom. The van der Waals surface area contributed by atoms with Crippen molar-refractivity contribution in [1.82, 2.24) is 10.3 Å². The Morgan fingerprint density at radius 2 is 2.25 bits per heavy atom. The smallest absolute Gasteiger partial charge is 0.0605 e.